The molecule has 8 atom stereocenters. The molecule has 4 heterocycles. The number of hydrogen-bond acceptors (Lipinski definition) is 16. The zero-order valence-corrected chi connectivity index (χ0v) is 91.5. The van der Waals surface area contributed by atoms with E-state index in [2.05, 4.69) is 180 Å². The number of carbonyl (C=O) groups excluding carboxylic acids is 4. The molecule has 22 aliphatic rings. The molecule has 784 valence electrons. The molecule has 8 aromatic rings. The van der Waals surface area contributed by atoms with E-state index in [0.29, 0.717) is 124 Å². The van der Waals surface area contributed by atoms with E-state index in [1.54, 1.807) is 28.4 Å². The first-order valence-electron chi connectivity index (χ1n) is 57.2. The van der Waals surface area contributed by atoms with Crippen LogP contribution >= 0.6 is 0 Å². The minimum Gasteiger partial charge on any atom is -0.489 e. The van der Waals surface area contributed by atoms with Gasteiger partial charge in [-0.05, 0) is 400 Å². The van der Waals surface area contributed by atoms with Crippen LogP contribution in [0, 0.1) is 69.0 Å². The number of benzene rings is 8. The van der Waals surface area contributed by atoms with Gasteiger partial charge in [0.15, 0.2) is 0 Å². The summed E-state index contributed by atoms with van der Waals surface area (Å²) in [7, 11) is 6.31. The van der Waals surface area contributed by atoms with Crippen molar-refractivity contribution in [2.45, 2.75) is 358 Å². The van der Waals surface area contributed by atoms with Crippen molar-refractivity contribution in [1.29, 1.82) is 0 Å². The number of hydrogen-bond donors (Lipinski definition) is 0. The molecule has 8 aromatic carbocycles. The zero-order chi connectivity index (χ0) is 102. The number of methoxy groups -OCH3 is 4. The third-order valence-electron chi connectivity index (χ3n) is 40.9. The van der Waals surface area contributed by atoms with E-state index < -0.39 is 0 Å². The maximum atomic E-state index is 14.3. The summed E-state index contributed by atoms with van der Waals surface area (Å²) < 4.78 is 88.5. The monoisotopic (exact) mass is 2000 g/mol. The minimum atomic E-state index is -0.309. The smallest absolute Gasteiger partial charge is 0.306 e. The molecule has 148 heavy (non-hydrogen) atoms. The summed E-state index contributed by atoms with van der Waals surface area (Å²) in [5.74, 6) is 9.65. The van der Waals surface area contributed by atoms with Crippen LogP contribution < -0.4 is 37.9 Å². The molecule has 0 saturated heterocycles. The highest BCUT2D eigenvalue weighted by atomic mass is 16.6. The lowest BCUT2D eigenvalue weighted by Gasteiger charge is -2.62. The first-order valence-corrected chi connectivity index (χ1v) is 57.2. The molecule has 0 radical (unpaired) electrons. The Morgan fingerprint density at radius 1 is 0.223 bits per heavy atom. The van der Waals surface area contributed by atoms with Crippen molar-refractivity contribution in [3.63, 3.8) is 0 Å². The van der Waals surface area contributed by atoms with Gasteiger partial charge >= 0.3 is 23.9 Å². The Hall–Kier alpha value is -9.96. The molecular formula is C132H160O16. The summed E-state index contributed by atoms with van der Waals surface area (Å²) in [4.78, 5) is 57.4. The molecule has 0 spiro atoms. The summed E-state index contributed by atoms with van der Waals surface area (Å²) in [5.41, 5.74) is 23.9. The summed E-state index contributed by atoms with van der Waals surface area (Å²) in [6.45, 7) is 29.8. The summed E-state index contributed by atoms with van der Waals surface area (Å²) in [6.07, 6.45) is 29.7. The second kappa shape index (κ2) is 35.8. The number of esters is 4. The highest BCUT2D eigenvalue weighted by Gasteiger charge is 2.64. The van der Waals surface area contributed by atoms with Crippen LogP contribution in [0.3, 0.4) is 0 Å². The second-order valence-electron chi connectivity index (χ2n) is 56.2. The van der Waals surface area contributed by atoms with Crippen LogP contribution in [-0.2, 0) is 133 Å². The van der Waals surface area contributed by atoms with Gasteiger partial charge in [0.1, 0.15) is 98.9 Å². The lowest BCUT2D eigenvalue weighted by atomic mass is 9.42. The molecule has 0 N–H and O–H groups in total. The Morgan fingerprint density at radius 3 is 0.486 bits per heavy atom. The molecule has 4 aliphatic heterocycles. The van der Waals surface area contributed by atoms with Gasteiger partial charge in [-0.15, -0.1) is 0 Å². The maximum absolute atomic E-state index is 14.3. The third-order valence-corrected chi connectivity index (χ3v) is 40.9. The van der Waals surface area contributed by atoms with E-state index in [0.717, 1.165) is 289 Å². The van der Waals surface area contributed by atoms with Gasteiger partial charge in [0.25, 0.3) is 0 Å². The van der Waals surface area contributed by atoms with Crippen molar-refractivity contribution in [1.82, 2.24) is 0 Å². The standard InChI is InChI=1S/C132H160O16/c1-121(2,3)101-37-85-29-87-39-102(122(4,5)6)41-89-31-91-43-104(124(10,11)12)44-92-32-90-42-103(123(7,8)9)40-88-30-86(38-101)113(85)141-17-21-145-117-93-33-95-47-106(130-63-79-26-80(64-130)56-126(55-79,74-130)70-110(134)138-14)49-97(118(95)146-22-18-142-114(87)89)35-99-51-108(132-67-83-28-84(68-132)60-128(59-83,76-132)72-112(136)140-16)52-100(120(99)148-24-20-144-116(91)92)36-98-50-107(131-65-81-27-82(66-131)58-127(57-81,75-131)71-111(135)139-15)48-96(119(98)147-23-19-143-115(88)90)34-94(117)46-105(45-93)129-61-77-25-78(62-129)54-125(53-77,73-129)69-109(133)137-13/h37-52,77-84H,17-36,53-76H2,1-16H3. The molecule has 40 bridgehead atoms. The molecule has 0 amide bonds. The van der Waals surface area contributed by atoms with Crippen molar-refractivity contribution in [2.24, 2.45) is 69.0 Å². The molecule has 18 aliphatic carbocycles. The van der Waals surface area contributed by atoms with Gasteiger partial charge in [-0.2, -0.15) is 0 Å². The van der Waals surface area contributed by atoms with Crippen molar-refractivity contribution in [3.8, 4) is 46.0 Å². The summed E-state index contributed by atoms with van der Waals surface area (Å²) in [6, 6.07) is 40.5. The Bertz CT molecular complexity index is 5680. The predicted molar refractivity (Wildman–Crippen MR) is 574 cm³/mol. The van der Waals surface area contributed by atoms with Crippen LogP contribution in [0.2, 0.25) is 0 Å². The quantitative estimate of drug-likeness (QED) is 0.0832. The zero-order valence-electron chi connectivity index (χ0n) is 91.5. The third kappa shape index (κ3) is 17.7. The van der Waals surface area contributed by atoms with Crippen LogP contribution in [0.4, 0.5) is 0 Å². The van der Waals surface area contributed by atoms with Gasteiger partial charge in [0.05, 0.1) is 54.1 Å². The normalized spacial score (nSPS) is 31.0. The fourth-order valence-corrected chi connectivity index (χ4v) is 36.9. The molecule has 16 fully saturated rings. The average Bonchev–Trinajstić information content (AvgIpc) is 0.711. The maximum Gasteiger partial charge on any atom is 0.306 e. The van der Waals surface area contributed by atoms with Crippen LogP contribution in [0.25, 0.3) is 0 Å². The van der Waals surface area contributed by atoms with Gasteiger partial charge in [-0.1, -0.05) is 180 Å². The van der Waals surface area contributed by atoms with Gasteiger partial charge in [-0.25, -0.2) is 0 Å². The van der Waals surface area contributed by atoms with E-state index in [4.69, 9.17) is 56.8 Å². The van der Waals surface area contributed by atoms with Crippen molar-refractivity contribution in [3.05, 3.63) is 231 Å². The predicted octanol–water partition coefficient (Wildman–Crippen LogP) is 26.6. The molecule has 0 aromatic heterocycles. The van der Waals surface area contributed by atoms with Gasteiger partial charge in [-0.3, -0.25) is 19.2 Å². The second-order valence-corrected chi connectivity index (χ2v) is 56.2. The first-order chi connectivity index (χ1) is 70.6. The highest BCUT2D eigenvalue weighted by Crippen LogP contribution is 2.73. The van der Waals surface area contributed by atoms with Crippen LogP contribution in [0.5, 0.6) is 46.0 Å². The largest absolute Gasteiger partial charge is 0.489 e. The summed E-state index contributed by atoms with van der Waals surface area (Å²) in [5, 5.41) is 0. The van der Waals surface area contributed by atoms with E-state index in [1.807, 2.05) is 0 Å². The summed E-state index contributed by atoms with van der Waals surface area (Å²) >= 11 is 0. The fraction of sp³-hybridized carbons (Fsp3) is 0.606. The van der Waals surface area contributed by atoms with E-state index in [1.165, 1.54) is 44.5 Å². The Morgan fingerprint density at radius 2 is 0.358 bits per heavy atom. The van der Waals surface area contributed by atoms with Gasteiger partial charge in [0.2, 0.25) is 0 Å². The van der Waals surface area contributed by atoms with Crippen LogP contribution in [-0.4, -0.2) is 105 Å². The lowest BCUT2D eigenvalue weighted by Crippen LogP contribution is -2.54. The van der Waals surface area contributed by atoms with Gasteiger partial charge in [0, 0.05) is 51.4 Å². The molecule has 16 saturated carbocycles. The molecule has 8 unspecified atom stereocenters. The van der Waals surface area contributed by atoms with E-state index >= 15 is 0 Å². The highest BCUT2D eigenvalue weighted by molar-refractivity contribution is 5.73. The van der Waals surface area contributed by atoms with Crippen LogP contribution in [0.1, 0.15) is 396 Å². The molecule has 16 nitrogen and oxygen atoms in total. The van der Waals surface area contributed by atoms with Gasteiger partial charge < -0.3 is 56.8 Å². The molecular weight excluding hydrogens is 1840 g/mol. The van der Waals surface area contributed by atoms with E-state index in [9.17, 15) is 19.2 Å². The van der Waals surface area contributed by atoms with E-state index in [-0.39, 0.29) is 142 Å². The fourth-order valence-electron chi connectivity index (χ4n) is 36.9. The number of carbonyl (C=O) groups is 4. The van der Waals surface area contributed by atoms with Crippen molar-refractivity contribution in [2.75, 3.05) is 81.3 Å². The average molecular weight is 2000 g/mol. The number of fused-ring (bicyclic) bond motifs is 12. The Kier molecular flexibility index (Phi) is 23.9. The van der Waals surface area contributed by atoms with Crippen molar-refractivity contribution < 1.29 is 76.0 Å². The van der Waals surface area contributed by atoms with Crippen LogP contribution in [0.15, 0.2) is 97.1 Å². The first kappa shape index (κ1) is 98.7. The Balaban J connectivity index is 0.816. The molecule has 30 rings (SSSR count). The lowest BCUT2D eigenvalue weighted by molar-refractivity contribution is -0.151. The Labute approximate surface area is 878 Å². The SMILES string of the molecule is COC(=O)CC12CC3CC(C1)CC(c1cc4c5c(c1)Cc1cc(C67CC8CC(CC(CC(=O)OC)(C8)C6)C7)cc6c1OCCOc1c7cc(C(C)(C)C)cc1Cc1cc(C(C)(C)C)cc8c1OCCOc1c(cc(C9%10CC%11CC(CC(CC(=O)OC)(C%11)C9)C%10)cc1C6)Cc1cc(C69CC%10CC(CC(CC(=O)OC)(C%10)C6)C9)cc(c1OCCOc1c(cc(C(C)(C)C)cc1C8)Cc1cc(C(C)(C)C)cc(c1OCCO5)C7)C4)(C3)C2. The number of rotatable bonds is 12. The topological polar surface area (TPSA) is 179 Å². The van der Waals surface area contributed by atoms with Crippen molar-refractivity contribution >= 4 is 23.9 Å². The minimum absolute atomic E-state index is 0.121. The molecule has 16 heteroatoms. The number of ether oxygens (including phenoxy) is 12.